The minimum Gasteiger partial charge on any atom is -0.493 e. The number of carbonyl (C=O) groups is 3. The Morgan fingerprint density at radius 3 is 2.62 bits per heavy atom. The molecule has 2 aliphatic heterocycles. The third-order valence-corrected chi connectivity index (χ3v) is 6.91. The first-order valence-corrected chi connectivity index (χ1v) is 11.3. The Bertz CT molecular complexity index is 1300. The van der Waals surface area contributed by atoms with Crippen molar-refractivity contribution in [3.63, 3.8) is 0 Å². The number of ether oxygens (including phenoxy) is 3. The van der Waals surface area contributed by atoms with Gasteiger partial charge in [-0.15, -0.1) is 0 Å². The van der Waals surface area contributed by atoms with Gasteiger partial charge in [-0.25, -0.2) is 0 Å². The molecular weight excluding hydrogens is 436 g/mol. The summed E-state index contributed by atoms with van der Waals surface area (Å²) in [6.07, 6.45) is 1.27. The van der Waals surface area contributed by atoms with E-state index in [0.717, 1.165) is 23.2 Å². The fourth-order valence-electron chi connectivity index (χ4n) is 5.43. The number of esters is 2. The first-order chi connectivity index (χ1) is 16.4. The number of methoxy groups -OCH3 is 2. The molecule has 34 heavy (non-hydrogen) atoms. The van der Waals surface area contributed by atoms with Crippen molar-refractivity contribution in [1.29, 1.82) is 0 Å². The number of H-pyrrole nitrogens is 1. The molecule has 8 heteroatoms. The van der Waals surface area contributed by atoms with Crippen LogP contribution in [0, 0.1) is 5.92 Å². The topological polar surface area (TPSA) is 97.9 Å². The molecule has 0 spiro atoms. The number of rotatable bonds is 4. The SMILES string of the molecule is COC(=O)[C@@H]1C(=O)N2CCc3c([nH]c4ccccc34)[C@@H]2C[C@H]1c1ccc(OC(C)=O)c(OC)c1. The summed E-state index contributed by atoms with van der Waals surface area (Å²) in [6.45, 7) is 1.86. The van der Waals surface area contributed by atoms with Gasteiger partial charge in [0.25, 0.3) is 0 Å². The molecule has 0 saturated carbocycles. The molecule has 3 atom stereocenters. The second-order valence-electron chi connectivity index (χ2n) is 8.71. The maximum atomic E-state index is 13.6. The number of hydrogen-bond donors (Lipinski definition) is 1. The van der Waals surface area contributed by atoms with Crippen molar-refractivity contribution in [2.24, 2.45) is 5.92 Å². The highest BCUT2D eigenvalue weighted by Crippen LogP contribution is 2.48. The molecular formula is C26H26N2O6. The Morgan fingerprint density at radius 2 is 1.88 bits per heavy atom. The van der Waals surface area contributed by atoms with E-state index in [0.29, 0.717) is 18.7 Å². The zero-order valence-corrected chi connectivity index (χ0v) is 19.3. The summed E-state index contributed by atoms with van der Waals surface area (Å²) in [6, 6.07) is 13.1. The van der Waals surface area contributed by atoms with E-state index in [1.807, 2.05) is 18.2 Å². The van der Waals surface area contributed by atoms with Crippen molar-refractivity contribution in [3.05, 3.63) is 59.3 Å². The van der Waals surface area contributed by atoms with Crippen LogP contribution in [-0.4, -0.2) is 48.5 Å². The van der Waals surface area contributed by atoms with Gasteiger partial charge in [-0.2, -0.15) is 0 Å². The number of nitrogens with zero attached hydrogens (tertiary/aromatic N) is 1. The summed E-state index contributed by atoms with van der Waals surface area (Å²) >= 11 is 0. The first kappa shape index (κ1) is 22.0. The van der Waals surface area contributed by atoms with Crippen LogP contribution >= 0.6 is 0 Å². The van der Waals surface area contributed by atoms with E-state index in [4.69, 9.17) is 14.2 Å². The van der Waals surface area contributed by atoms with Gasteiger partial charge in [0.1, 0.15) is 5.92 Å². The Labute approximate surface area is 196 Å². The summed E-state index contributed by atoms with van der Waals surface area (Å²) in [7, 11) is 2.78. The number of aromatic amines is 1. The zero-order chi connectivity index (χ0) is 24.0. The number of nitrogens with one attached hydrogen (secondary N) is 1. The number of benzene rings is 2. The lowest BCUT2D eigenvalue weighted by molar-refractivity contribution is -0.160. The standard InChI is InChI=1S/C26H26N2O6/c1-14(29)34-21-9-8-15(12-22(21)32-2)18-13-20-24-17(16-6-4-5-7-19(16)27-24)10-11-28(20)25(30)23(18)26(31)33-3/h4-9,12,18,20,23,27H,10-11,13H2,1-3H3/t18-,20-,23-/m0/s1. The number of piperidine rings is 1. The Kier molecular flexibility index (Phi) is 5.51. The molecule has 5 rings (SSSR count). The van der Waals surface area contributed by atoms with Gasteiger partial charge >= 0.3 is 11.9 Å². The van der Waals surface area contributed by atoms with Gasteiger partial charge in [-0.1, -0.05) is 24.3 Å². The molecule has 0 radical (unpaired) electrons. The van der Waals surface area contributed by atoms with Crippen LogP contribution in [0.4, 0.5) is 0 Å². The second kappa shape index (κ2) is 8.52. The highest BCUT2D eigenvalue weighted by Gasteiger charge is 2.49. The van der Waals surface area contributed by atoms with Gasteiger partial charge in [0, 0.05) is 36.0 Å². The van der Waals surface area contributed by atoms with Gasteiger partial charge in [0.2, 0.25) is 5.91 Å². The van der Waals surface area contributed by atoms with Crippen LogP contribution in [0.5, 0.6) is 11.5 Å². The van der Waals surface area contributed by atoms with Gasteiger partial charge in [-0.05, 0) is 42.2 Å². The number of carbonyl (C=O) groups excluding carboxylic acids is 3. The monoisotopic (exact) mass is 462 g/mol. The highest BCUT2D eigenvalue weighted by atomic mass is 16.6. The van der Waals surface area contributed by atoms with Crippen molar-refractivity contribution in [1.82, 2.24) is 9.88 Å². The summed E-state index contributed by atoms with van der Waals surface area (Å²) < 4.78 is 15.7. The lowest BCUT2D eigenvalue weighted by Crippen LogP contribution is -2.52. The fourth-order valence-corrected chi connectivity index (χ4v) is 5.43. The van der Waals surface area contributed by atoms with Crippen molar-refractivity contribution >= 4 is 28.7 Å². The normalized spacial score (nSPS) is 21.6. The van der Waals surface area contributed by atoms with Crippen molar-refractivity contribution in [2.75, 3.05) is 20.8 Å². The second-order valence-corrected chi connectivity index (χ2v) is 8.71. The molecule has 1 aromatic heterocycles. The molecule has 176 valence electrons. The van der Waals surface area contributed by atoms with Gasteiger partial charge in [0.05, 0.1) is 20.3 Å². The maximum Gasteiger partial charge on any atom is 0.318 e. The molecule has 0 aliphatic carbocycles. The van der Waals surface area contributed by atoms with Crippen molar-refractivity contribution in [3.8, 4) is 11.5 Å². The smallest absolute Gasteiger partial charge is 0.318 e. The van der Waals surface area contributed by atoms with E-state index in [1.165, 1.54) is 32.1 Å². The first-order valence-electron chi connectivity index (χ1n) is 11.3. The predicted molar refractivity (Wildman–Crippen MR) is 124 cm³/mol. The molecule has 1 fully saturated rings. The maximum absolute atomic E-state index is 13.6. The minimum atomic E-state index is -0.962. The quantitative estimate of drug-likeness (QED) is 0.362. The molecule has 0 bridgehead atoms. The predicted octanol–water partition coefficient (Wildman–Crippen LogP) is 3.50. The van der Waals surface area contributed by atoms with Crippen LogP contribution < -0.4 is 9.47 Å². The molecule has 0 unspecified atom stereocenters. The molecule has 2 aromatic carbocycles. The van der Waals surface area contributed by atoms with Gasteiger partial charge in [0.15, 0.2) is 11.5 Å². The van der Waals surface area contributed by atoms with Crippen LogP contribution in [0.15, 0.2) is 42.5 Å². The Morgan fingerprint density at radius 1 is 1.09 bits per heavy atom. The van der Waals surface area contributed by atoms with E-state index in [2.05, 4.69) is 11.1 Å². The molecule has 1 amide bonds. The third-order valence-electron chi connectivity index (χ3n) is 6.91. The molecule has 1 N–H and O–H groups in total. The fraction of sp³-hybridized carbons (Fsp3) is 0.346. The largest absolute Gasteiger partial charge is 0.493 e. The molecule has 3 heterocycles. The van der Waals surface area contributed by atoms with Crippen LogP contribution in [0.25, 0.3) is 10.9 Å². The Balaban J connectivity index is 1.59. The van der Waals surface area contributed by atoms with Crippen LogP contribution in [-0.2, 0) is 25.5 Å². The summed E-state index contributed by atoms with van der Waals surface area (Å²) in [5.74, 6) is -2.00. The number of amides is 1. The van der Waals surface area contributed by atoms with Crippen LogP contribution in [0.3, 0.4) is 0 Å². The van der Waals surface area contributed by atoms with Crippen LogP contribution in [0.1, 0.15) is 42.1 Å². The van der Waals surface area contributed by atoms with Gasteiger partial charge in [-0.3, -0.25) is 14.4 Å². The summed E-state index contributed by atoms with van der Waals surface area (Å²) in [5.41, 5.74) is 4.04. The average Bonchev–Trinajstić information content (AvgIpc) is 3.22. The molecule has 1 saturated heterocycles. The minimum absolute atomic E-state index is 0.186. The van der Waals surface area contributed by atoms with E-state index < -0.39 is 23.8 Å². The number of aromatic nitrogens is 1. The zero-order valence-electron chi connectivity index (χ0n) is 19.3. The number of hydrogen-bond acceptors (Lipinski definition) is 6. The number of fused-ring (bicyclic) bond motifs is 5. The van der Waals surface area contributed by atoms with E-state index in [-0.39, 0.29) is 17.7 Å². The van der Waals surface area contributed by atoms with Crippen LogP contribution in [0.2, 0.25) is 0 Å². The summed E-state index contributed by atoms with van der Waals surface area (Å²) in [5, 5.41) is 1.17. The van der Waals surface area contributed by atoms with Crippen molar-refractivity contribution in [2.45, 2.75) is 31.7 Å². The third kappa shape index (κ3) is 3.50. The lowest BCUT2D eigenvalue weighted by Gasteiger charge is -2.45. The van der Waals surface area contributed by atoms with E-state index in [1.54, 1.807) is 23.1 Å². The molecule has 3 aromatic rings. The Hall–Kier alpha value is -3.81. The summed E-state index contributed by atoms with van der Waals surface area (Å²) in [4.78, 5) is 43.2. The molecule has 8 nitrogen and oxygen atoms in total. The van der Waals surface area contributed by atoms with E-state index in [9.17, 15) is 14.4 Å². The lowest BCUT2D eigenvalue weighted by atomic mass is 9.74. The van der Waals surface area contributed by atoms with Gasteiger partial charge < -0.3 is 24.1 Å². The van der Waals surface area contributed by atoms with E-state index >= 15 is 0 Å². The highest BCUT2D eigenvalue weighted by molar-refractivity contribution is 6.00. The number of para-hydroxylation sites is 1. The average molecular weight is 463 g/mol. The molecule has 2 aliphatic rings. The van der Waals surface area contributed by atoms with Crippen molar-refractivity contribution < 1.29 is 28.6 Å².